The van der Waals surface area contributed by atoms with E-state index >= 15 is 0 Å². The molecule has 3 rings (SSSR count). The van der Waals surface area contributed by atoms with Crippen molar-refractivity contribution >= 4 is 22.4 Å². The molecule has 6 heteroatoms. The van der Waals surface area contributed by atoms with Crippen LogP contribution in [0.2, 0.25) is 0 Å². The summed E-state index contributed by atoms with van der Waals surface area (Å²) >= 11 is 0. The molecule has 0 spiro atoms. The van der Waals surface area contributed by atoms with Crippen LogP contribution in [0, 0.1) is 0 Å². The molecular weight excluding hydrogens is 370 g/mol. The smallest absolute Gasteiger partial charge is 0.340 e. The standard InChI is InChI=1S/C23H25NO5/c1-7-29-23(25)18-13-24(3)19-9-8-15(10-17(18)19)14(2)16-11-20(26-4)22(28-6)21(12-16)27-5/h8-13H,2,7H2,1,3-6H3. The van der Waals surface area contributed by atoms with Crippen molar-refractivity contribution in [1.29, 1.82) is 0 Å². The van der Waals surface area contributed by atoms with Crippen molar-refractivity contribution in [2.75, 3.05) is 27.9 Å². The van der Waals surface area contributed by atoms with Crippen LogP contribution in [-0.4, -0.2) is 38.5 Å². The van der Waals surface area contributed by atoms with E-state index in [2.05, 4.69) is 6.58 Å². The Morgan fingerprint density at radius 2 is 1.66 bits per heavy atom. The molecule has 0 bridgehead atoms. The van der Waals surface area contributed by atoms with Crippen molar-refractivity contribution in [3.05, 3.63) is 59.8 Å². The maximum atomic E-state index is 12.4. The molecule has 3 aromatic rings. The molecule has 0 radical (unpaired) electrons. The van der Waals surface area contributed by atoms with Gasteiger partial charge in [-0.2, -0.15) is 0 Å². The van der Waals surface area contributed by atoms with Crippen molar-refractivity contribution in [3.8, 4) is 17.2 Å². The molecule has 0 saturated heterocycles. The van der Waals surface area contributed by atoms with Gasteiger partial charge in [-0.15, -0.1) is 0 Å². The second-order valence-electron chi connectivity index (χ2n) is 6.50. The number of fused-ring (bicyclic) bond motifs is 1. The van der Waals surface area contributed by atoms with E-state index in [1.807, 2.05) is 41.9 Å². The van der Waals surface area contributed by atoms with Gasteiger partial charge in [0.05, 0.1) is 33.5 Å². The van der Waals surface area contributed by atoms with E-state index in [0.29, 0.717) is 29.4 Å². The number of carbonyl (C=O) groups excluding carboxylic acids is 1. The van der Waals surface area contributed by atoms with Crippen LogP contribution < -0.4 is 14.2 Å². The first-order valence-electron chi connectivity index (χ1n) is 9.21. The Kier molecular flexibility index (Phi) is 5.82. The maximum Gasteiger partial charge on any atom is 0.340 e. The van der Waals surface area contributed by atoms with Crippen molar-refractivity contribution in [1.82, 2.24) is 4.57 Å². The molecule has 2 aromatic carbocycles. The molecule has 0 fully saturated rings. The number of carbonyl (C=O) groups is 1. The fraction of sp³-hybridized carbons (Fsp3) is 0.261. The molecule has 0 amide bonds. The van der Waals surface area contributed by atoms with Crippen LogP contribution >= 0.6 is 0 Å². The molecule has 0 aliphatic heterocycles. The molecule has 0 aliphatic rings. The minimum absolute atomic E-state index is 0.326. The Morgan fingerprint density at radius 1 is 1.00 bits per heavy atom. The van der Waals surface area contributed by atoms with Gasteiger partial charge in [0.2, 0.25) is 5.75 Å². The van der Waals surface area contributed by atoms with Crippen LogP contribution in [0.3, 0.4) is 0 Å². The molecule has 152 valence electrons. The van der Waals surface area contributed by atoms with Gasteiger partial charge in [-0.25, -0.2) is 4.79 Å². The van der Waals surface area contributed by atoms with E-state index in [1.54, 1.807) is 34.4 Å². The molecule has 0 atom stereocenters. The summed E-state index contributed by atoms with van der Waals surface area (Å²) in [6.07, 6.45) is 1.79. The number of nitrogens with zero attached hydrogens (tertiary/aromatic N) is 1. The van der Waals surface area contributed by atoms with Crippen LogP contribution in [0.4, 0.5) is 0 Å². The zero-order valence-electron chi connectivity index (χ0n) is 17.4. The van der Waals surface area contributed by atoms with Gasteiger partial charge in [-0.05, 0) is 47.9 Å². The topological polar surface area (TPSA) is 58.9 Å². The summed E-state index contributed by atoms with van der Waals surface area (Å²) in [7, 11) is 6.62. The highest BCUT2D eigenvalue weighted by molar-refractivity contribution is 6.05. The van der Waals surface area contributed by atoms with Gasteiger partial charge in [0.15, 0.2) is 11.5 Å². The monoisotopic (exact) mass is 395 g/mol. The second-order valence-corrected chi connectivity index (χ2v) is 6.50. The number of benzene rings is 2. The lowest BCUT2D eigenvalue weighted by molar-refractivity contribution is 0.0528. The third-order valence-corrected chi connectivity index (χ3v) is 4.85. The highest BCUT2D eigenvalue weighted by Crippen LogP contribution is 2.41. The number of ether oxygens (including phenoxy) is 4. The minimum atomic E-state index is -0.339. The summed E-state index contributed by atoms with van der Waals surface area (Å²) in [6, 6.07) is 9.60. The Morgan fingerprint density at radius 3 is 2.21 bits per heavy atom. The highest BCUT2D eigenvalue weighted by Gasteiger charge is 2.18. The number of rotatable bonds is 7. The Hall–Kier alpha value is -3.41. The Balaban J connectivity index is 2.10. The first-order valence-corrected chi connectivity index (χ1v) is 9.21. The lowest BCUT2D eigenvalue weighted by Gasteiger charge is -2.15. The van der Waals surface area contributed by atoms with Crippen LogP contribution in [-0.2, 0) is 11.8 Å². The van der Waals surface area contributed by atoms with Gasteiger partial charge < -0.3 is 23.5 Å². The molecule has 0 unspecified atom stereocenters. The van der Waals surface area contributed by atoms with E-state index in [9.17, 15) is 4.79 Å². The summed E-state index contributed by atoms with van der Waals surface area (Å²) in [5.41, 5.74) is 3.94. The fourth-order valence-corrected chi connectivity index (χ4v) is 3.37. The average molecular weight is 395 g/mol. The maximum absolute atomic E-state index is 12.4. The summed E-state index contributed by atoms with van der Waals surface area (Å²) in [5.74, 6) is 1.29. The molecule has 1 heterocycles. The van der Waals surface area contributed by atoms with Gasteiger partial charge in [-0.3, -0.25) is 0 Å². The number of aryl methyl sites for hydroxylation is 1. The molecule has 0 saturated carbocycles. The molecule has 0 N–H and O–H groups in total. The first-order chi connectivity index (χ1) is 13.9. The third kappa shape index (κ3) is 3.66. The summed E-state index contributed by atoms with van der Waals surface area (Å²) in [4.78, 5) is 12.4. The van der Waals surface area contributed by atoms with Crippen LogP contribution in [0.1, 0.15) is 28.4 Å². The average Bonchev–Trinajstić information content (AvgIpc) is 3.08. The second kappa shape index (κ2) is 8.31. The van der Waals surface area contributed by atoms with Gasteiger partial charge in [-0.1, -0.05) is 12.6 Å². The Bertz CT molecular complexity index is 1060. The zero-order valence-corrected chi connectivity index (χ0v) is 17.4. The summed E-state index contributed by atoms with van der Waals surface area (Å²) in [6.45, 7) is 6.37. The van der Waals surface area contributed by atoms with Crippen molar-refractivity contribution in [3.63, 3.8) is 0 Å². The van der Waals surface area contributed by atoms with Crippen molar-refractivity contribution in [2.24, 2.45) is 7.05 Å². The predicted octanol–water partition coefficient (Wildman–Crippen LogP) is 4.44. The number of hydrogen-bond donors (Lipinski definition) is 0. The number of esters is 1. The fourth-order valence-electron chi connectivity index (χ4n) is 3.37. The molecule has 1 aromatic heterocycles. The SMILES string of the molecule is C=C(c1cc(OC)c(OC)c(OC)c1)c1ccc2c(c1)c(C(=O)OCC)cn2C. The van der Waals surface area contributed by atoms with E-state index in [4.69, 9.17) is 18.9 Å². The number of aromatic nitrogens is 1. The third-order valence-electron chi connectivity index (χ3n) is 4.85. The zero-order chi connectivity index (χ0) is 21.1. The van der Waals surface area contributed by atoms with Crippen molar-refractivity contribution < 1.29 is 23.7 Å². The van der Waals surface area contributed by atoms with E-state index < -0.39 is 0 Å². The van der Waals surface area contributed by atoms with E-state index in [0.717, 1.165) is 27.6 Å². The molecular formula is C23H25NO5. The number of hydrogen-bond acceptors (Lipinski definition) is 5. The van der Waals surface area contributed by atoms with Crippen LogP contribution in [0.25, 0.3) is 16.5 Å². The van der Waals surface area contributed by atoms with Gasteiger partial charge in [0.1, 0.15) is 0 Å². The lowest BCUT2D eigenvalue weighted by atomic mass is 9.97. The van der Waals surface area contributed by atoms with E-state index in [-0.39, 0.29) is 5.97 Å². The van der Waals surface area contributed by atoms with E-state index in [1.165, 1.54) is 0 Å². The quantitative estimate of drug-likeness (QED) is 0.554. The minimum Gasteiger partial charge on any atom is -0.493 e. The van der Waals surface area contributed by atoms with Gasteiger partial charge >= 0.3 is 5.97 Å². The molecule has 6 nitrogen and oxygen atoms in total. The lowest BCUT2D eigenvalue weighted by Crippen LogP contribution is -2.03. The largest absolute Gasteiger partial charge is 0.493 e. The highest BCUT2D eigenvalue weighted by atomic mass is 16.5. The van der Waals surface area contributed by atoms with Crippen molar-refractivity contribution in [2.45, 2.75) is 6.92 Å². The van der Waals surface area contributed by atoms with Gasteiger partial charge in [0, 0.05) is 24.1 Å². The van der Waals surface area contributed by atoms with Crippen LogP contribution in [0.5, 0.6) is 17.2 Å². The van der Waals surface area contributed by atoms with Crippen LogP contribution in [0.15, 0.2) is 43.1 Å². The summed E-state index contributed by atoms with van der Waals surface area (Å²) in [5, 5.41) is 0.817. The first kappa shape index (κ1) is 20.3. The normalized spacial score (nSPS) is 10.7. The predicted molar refractivity (Wildman–Crippen MR) is 113 cm³/mol. The molecule has 29 heavy (non-hydrogen) atoms. The summed E-state index contributed by atoms with van der Waals surface area (Å²) < 4.78 is 23.4. The number of methoxy groups -OCH3 is 3. The molecule has 0 aliphatic carbocycles. The Labute approximate surface area is 170 Å². The van der Waals surface area contributed by atoms with Gasteiger partial charge in [0.25, 0.3) is 0 Å².